The van der Waals surface area contributed by atoms with E-state index in [4.69, 9.17) is 10.5 Å². The molecular formula is C13H16N2O4. The van der Waals surface area contributed by atoms with Crippen LogP contribution >= 0.6 is 0 Å². The summed E-state index contributed by atoms with van der Waals surface area (Å²) in [6, 6.07) is 6.18. The van der Waals surface area contributed by atoms with Gasteiger partial charge in [0.05, 0.1) is 12.1 Å². The standard InChI is InChI=1S/C13H16N2O4/c1-9(14)8-12(17)19-7-6-15-13(18)10-4-2-3-5-11(10)16/h2-5,8,16H,6-7,14H2,1H3,(H,15,18). The van der Waals surface area contributed by atoms with Crippen molar-refractivity contribution in [3.05, 3.63) is 41.6 Å². The SMILES string of the molecule is CC(N)=CC(=O)OCCNC(=O)c1ccccc1O. The van der Waals surface area contributed by atoms with Gasteiger partial charge in [-0.15, -0.1) is 0 Å². The Morgan fingerprint density at radius 3 is 2.74 bits per heavy atom. The molecule has 4 N–H and O–H groups in total. The van der Waals surface area contributed by atoms with Crippen LogP contribution in [0.15, 0.2) is 36.0 Å². The van der Waals surface area contributed by atoms with Crippen molar-refractivity contribution < 1.29 is 19.4 Å². The van der Waals surface area contributed by atoms with Gasteiger partial charge in [-0.1, -0.05) is 12.1 Å². The summed E-state index contributed by atoms with van der Waals surface area (Å²) in [6.45, 7) is 1.75. The highest BCUT2D eigenvalue weighted by molar-refractivity contribution is 5.96. The molecule has 1 aromatic carbocycles. The van der Waals surface area contributed by atoms with Crippen LogP contribution in [0, 0.1) is 0 Å². The first kappa shape index (κ1) is 14.6. The van der Waals surface area contributed by atoms with Crippen LogP contribution in [0.5, 0.6) is 5.75 Å². The molecular weight excluding hydrogens is 248 g/mol. The predicted molar refractivity (Wildman–Crippen MR) is 69.3 cm³/mol. The molecule has 6 nitrogen and oxygen atoms in total. The third-order valence-electron chi connectivity index (χ3n) is 2.13. The van der Waals surface area contributed by atoms with E-state index in [1.807, 2.05) is 0 Å². The normalized spacial score (nSPS) is 10.9. The number of esters is 1. The lowest BCUT2D eigenvalue weighted by atomic mass is 10.2. The van der Waals surface area contributed by atoms with Gasteiger partial charge >= 0.3 is 5.97 Å². The van der Waals surface area contributed by atoms with Gasteiger partial charge in [-0.05, 0) is 19.1 Å². The topological polar surface area (TPSA) is 102 Å². The van der Waals surface area contributed by atoms with Crippen LogP contribution in [0.1, 0.15) is 17.3 Å². The highest BCUT2D eigenvalue weighted by Crippen LogP contribution is 2.14. The molecule has 0 radical (unpaired) electrons. The molecule has 0 saturated carbocycles. The molecule has 0 aliphatic heterocycles. The summed E-state index contributed by atoms with van der Waals surface area (Å²) >= 11 is 0. The van der Waals surface area contributed by atoms with Gasteiger partial charge in [-0.2, -0.15) is 0 Å². The number of aromatic hydroxyl groups is 1. The maximum Gasteiger partial charge on any atom is 0.332 e. The van der Waals surface area contributed by atoms with Gasteiger partial charge in [-0.3, -0.25) is 4.79 Å². The lowest BCUT2D eigenvalue weighted by Gasteiger charge is -2.06. The number of para-hydroxylation sites is 1. The molecule has 1 amide bonds. The zero-order valence-corrected chi connectivity index (χ0v) is 10.6. The van der Waals surface area contributed by atoms with Crippen molar-refractivity contribution in [1.29, 1.82) is 0 Å². The van der Waals surface area contributed by atoms with Crippen LogP contribution in [-0.2, 0) is 9.53 Å². The van der Waals surface area contributed by atoms with Gasteiger partial charge in [0.15, 0.2) is 0 Å². The largest absolute Gasteiger partial charge is 0.507 e. The summed E-state index contributed by atoms with van der Waals surface area (Å²) in [6.07, 6.45) is 1.16. The number of allylic oxidation sites excluding steroid dienone is 1. The number of benzene rings is 1. The van der Waals surface area contributed by atoms with E-state index < -0.39 is 11.9 Å². The summed E-state index contributed by atoms with van der Waals surface area (Å²) in [5.41, 5.74) is 5.82. The third kappa shape index (κ3) is 5.12. The average Bonchev–Trinajstić information content (AvgIpc) is 2.34. The molecule has 0 bridgehead atoms. The molecule has 0 unspecified atom stereocenters. The molecule has 0 atom stereocenters. The Hall–Kier alpha value is -2.50. The van der Waals surface area contributed by atoms with Crippen LogP contribution < -0.4 is 11.1 Å². The zero-order valence-electron chi connectivity index (χ0n) is 10.6. The van der Waals surface area contributed by atoms with Gasteiger partial charge in [0.25, 0.3) is 5.91 Å². The summed E-state index contributed by atoms with van der Waals surface area (Å²) < 4.78 is 4.80. The van der Waals surface area contributed by atoms with E-state index in [-0.39, 0.29) is 24.5 Å². The number of hydrogen-bond acceptors (Lipinski definition) is 5. The van der Waals surface area contributed by atoms with Crippen molar-refractivity contribution in [3.63, 3.8) is 0 Å². The number of ether oxygens (including phenoxy) is 1. The van der Waals surface area contributed by atoms with E-state index in [9.17, 15) is 14.7 Å². The molecule has 0 spiro atoms. The highest BCUT2D eigenvalue weighted by Gasteiger charge is 2.09. The van der Waals surface area contributed by atoms with Crippen LogP contribution in [0.3, 0.4) is 0 Å². The van der Waals surface area contributed by atoms with Crippen LogP contribution in [0.4, 0.5) is 0 Å². The lowest BCUT2D eigenvalue weighted by Crippen LogP contribution is -2.28. The van der Waals surface area contributed by atoms with Crippen LogP contribution in [0.2, 0.25) is 0 Å². The fourth-order valence-corrected chi connectivity index (χ4v) is 1.30. The molecule has 0 aromatic heterocycles. The Balaban J connectivity index is 2.34. The number of hydrogen-bond donors (Lipinski definition) is 3. The van der Waals surface area contributed by atoms with Crippen LogP contribution in [-0.4, -0.2) is 30.1 Å². The fraction of sp³-hybridized carbons (Fsp3) is 0.231. The molecule has 0 aliphatic rings. The molecule has 1 rings (SSSR count). The Morgan fingerprint density at radius 2 is 2.11 bits per heavy atom. The average molecular weight is 264 g/mol. The Kier molecular flexibility index (Phi) is 5.40. The van der Waals surface area contributed by atoms with Crippen molar-refractivity contribution in [2.45, 2.75) is 6.92 Å². The maximum absolute atomic E-state index is 11.6. The maximum atomic E-state index is 11.6. The summed E-state index contributed by atoms with van der Waals surface area (Å²) in [5, 5.41) is 12.0. The molecule has 102 valence electrons. The molecule has 1 aromatic rings. The number of amides is 1. The number of phenols is 1. The van der Waals surface area contributed by atoms with E-state index in [2.05, 4.69) is 5.32 Å². The summed E-state index contributed by atoms with van der Waals surface area (Å²) in [5.74, 6) is -1.09. The fourth-order valence-electron chi connectivity index (χ4n) is 1.30. The molecule has 0 saturated heterocycles. The van der Waals surface area contributed by atoms with E-state index in [1.54, 1.807) is 19.1 Å². The Labute approximate surface area is 110 Å². The summed E-state index contributed by atoms with van der Waals surface area (Å²) in [4.78, 5) is 22.7. The number of nitrogens with two attached hydrogens (primary N) is 1. The molecule has 6 heteroatoms. The first-order chi connectivity index (χ1) is 9.00. The number of nitrogens with one attached hydrogen (secondary N) is 1. The number of phenolic OH excluding ortho intramolecular Hbond substituents is 1. The molecule has 19 heavy (non-hydrogen) atoms. The number of rotatable bonds is 5. The minimum absolute atomic E-state index is 0.0297. The third-order valence-corrected chi connectivity index (χ3v) is 2.13. The monoisotopic (exact) mass is 264 g/mol. The van der Waals surface area contributed by atoms with Crippen molar-refractivity contribution in [2.24, 2.45) is 5.73 Å². The number of carbonyl (C=O) groups is 2. The molecule has 0 fully saturated rings. The van der Waals surface area contributed by atoms with Crippen molar-refractivity contribution >= 4 is 11.9 Å². The van der Waals surface area contributed by atoms with E-state index in [1.165, 1.54) is 12.1 Å². The van der Waals surface area contributed by atoms with Gasteiger partial charge < -0.3 is 20.9 Å². The van der Waals surface area contributed by atoms with Gasteiger partial charge in [0.2, 0.25) is 0 Å². The van der Waals surface area contributed by atoms with Crippen molar-refractivity contribution in [2.75, 3.05) is 13.2 Å². The van der Waals surface area contributed by atoms with Crippen molar-refractivity contribution in [1.82, 2.24) is 5.32 Å². The van der Waals surface area contributed by atoms with Crippen molar-refractivity contribution in [3.8, 4) is 5.75 Å². The Bertz CT molecular complexity index is 493. The first-order valence-corrected chi connectivity index (χ1v) is 5.67. The lowest BCUT2D eigenvalue weighted by molar-refractivity contribution is -0.137. The van der Waals surface area contributed by atoms with Gasteiger partial charge in [-0.25, -0.2) is 4.79 Å². The summed E-state index contributed by atoms with van der Waals surface area (Å²) in [7, 11) is 0. The molecule has 0 heterocycles. The minimum atomic E-state index is -0.559. The minimum Gasteiger partial charge on any atom is -0.507 e. The van der Waals surface area contributed by atoms with Crippen LogP contribution in [0.25, 0.3) is 0 Å². The smallest absolute Gasteiger partial charge is 0.332 e. The first-order valence-electron chi connectivity index (χ1n) is 5.67. The molecule has 0 aliphatic carbocycles. The van der Waals surface area contributed by atoms with Gasteiger partial charge in [0, 0.05) is 11.8 Å². The van der Waals surface area contributed by atoms with E-state index >= 15 is 0 Å². The second kappa shape index (κ2) is 7.05. The van der Waals surface area contributed by atoms with E-state index in [0.29, 0.717) is 5.70 Å². The number of carbonyl (C=O) groups excluding carboxylic acids is 2. The van der Waals surface area contributed by atoms with E-state index in [0.717, 1.165) is 6.08 Å². The van der Waals surface area contributed by atoms with Gasteiger partial charge in [0.1, 0.15) is 12.4 Å². The second-order valence-corrected chi connectivity index (χ2v) is 3.83. The quantitative estimate of drug-likeness (QED) is 0.409. The highest BCUT2D eigenvalue weighted by atomic mass is 16.5. The second-order valence-electron chi connectivity index (χ2n) is 3.83. The zero-order chi connectivity index (χ0) is 14.3. The Morgan fingerprint density at radius 1 is 1.42 bits per heavy atom. The predicted octanol–water partition coefficient (Wildman–Crippen LogP) is 0.528.